The Balaban J connectivity index is 2.30. The van der Waals surface area contributed by atoms with E-state index in [-0.39, 0.29) is 0 Å². The van der Waals surface area contributed by atoms with E-state index in [1.165, 1.54) is 58.0 Å². The van der Waals surface area contributed by atoms with Gasteiger partial charge in [-0.15, -0.1) is 0 Å². The largest absolute Gasteiger partial charge is 0.300 e. The zero-order valence-corrected chi connectivity index (χ0v) is 11.1. The van der Waals surface area contributed by atoms with Crippen molar-refractivity contribution in [1.29, 1.82) is 0 Å². The minimum Gasteiger partial charge on any atom is -0.300 e. The first kappa shape index (κ1) is 12.5. The Kier molecular flexibility index (Phi) is 6.88. The molecular formula is C12H24BrN. The molecule has 1 aliphatic carbocycles. The zero-order chi connectivity index (χ0) is 10.2. The Hall–Kier alpha value is 0.440. The van der Waals surface area contributed by atoms with E-state index in [1.54, 1.807) is 0 Å². The van der Waals surface area contributed by atoms with Crippen LogP contribution in [0.5, 0.6) is 0 Å². The number of hydrogen-bond donors (Lipinski definition) is 0. The van der Waals surface area contributed by atoms with Gasteiger partial charge in [-0.1, -0.05) is 48.5 Å². The highest BCUT2D eigenvalue weighted by molar-refractivity contribution is 9.09. The van der Waals surface area contributed by atoms with Crippen LogP contribution < -0.4 is 0 Å². The topological polar surface area (TPSA) is 3.24 Å². The van der Waals surface area contributed by atoms with Crippen molar-refractivity contribution in [3.63, 3.8) is 0 Å². The molecule has 0 N–H and O–H groups in total. The zero-order valence-electron chi connectivity index (χ0n) is 9.47. The smallest absolute Gasteiger partial charge is 0.0159 e. The molecule has 0 heterocycles. The highest BCUT2D eigenvalue weighted by Crippen LogP contribution is 2.22. The molecular weight excluding hydrogens is 238 g/mol. The fourth-order valence-corrected chi connectivity index (χ4v) is 2.85. The molecule has 1 aliphatic rings. The molecule has 0 atom stereocenters. The van der Waals surface area contributed by atoms with Gasteiger partial charge in [0.25, 0.3) is 0 Å². The van der Waals surface area contributed by atoms with Crippen molar-refractivity contribution in [2.24, 2.45) is 0 Å². The fourth-order valence-electron chi connectivity index (χ4n) is 2.39. The molecule has 1 rings (SSSR count). The van der Waals surface area contributed by atoms with Crippen LogP contribution in [0.15, 0.2) is 0 Å². The molecule has 84 valence electrons. The van der Waals surface area contributed by atoms with Crippen LogP contribution in [0.25, 0.3) is 0 Å². The van der Waals surface area contributed by atoms with E-state index in [0.717, 1.165) is 11.4 Å². The molecule has 14 heavy (non-hydrogen) atoms. The first-order valence-corrected chi connectivity index (χ1v) is 7.30. The number of unbranched alkanes of at least 4 members (excludes halogenated alkanes) is 1. The molecule has 0 amide bonds. The van der Waals surface area contributed by atoms with Gasteiger partial charge in [0, 0.05) is 17.9 Å². The van der Waals surface area contributed by atoms with Crippen molar-refractivity contribution in [1.82, 2.24) is 4.90 Å². The van der Waals surface area contributed by atoms with Gasteiger partial charge in [0.2, 0.25) is 0 Å². The van der Waals surface area contributed by atoms with Crippen LogP contribution in [-0.4, -0.2) is 29.4 Å². The highest BCUT2D eigenvalue weighted by atomic mass is 79.9. The van der Waals surface area contributed by atoms with Crippen LogP contribution >= 0.6 is 15.9 Å². The molecule has 2 heteroatoms. The van der Waals surface area contributed by atoms with Crippen molar-refractivity contribution in [2.75, 3.05) is 18.4 Å². The van der Waals surface area contributed by atoms with Crippen LogP contribution in [0, 0.1) is 0 Å². The van der Waals surface area contributed by atoms with Gasteiger partial charge < -0.3 is 0 Å². The van der Waals surface area contributed by atoms with Crippen molar-refractivity contribution in [2.45, 2.75) is 57.9 Å². The van der Waals surface area contributed by atoms with Crippen LogP contribution in [0.4, 0.5) is 0 Å². The average Bonchev–Trinajstić information content (AvgIpc) is 2.25. The maximum Gasteiger partial charge on any atom is 0.0159 e. The summed E-state index contributed by atoms with van der Waals surface area (Å²) in [6.45, 7) is 4.84. The third kappa shape index (κ3) is 4.31. The van der Waals surface area contributed by atoms with Gasteiger partial charge in [-0.25, -0.2) is 0 Å². The minimum atomic E-state index is 0.896. The molecule has 0 radical (unpaired) electrons. The van der Waals surface area contributed by atoms with E-state index in [9.17, 15) is 0 Å². The molecule has 0 aromatic rings. The molecule has 0 saturated heterocycles. The van der Waals surface area contributed by atoms with Gasteiger partial charge in [0.05, 0.1) is 0 Å². The van der Waals surface area contributed by atoms with E-state index in [0.29, 0.717) is 0 Å². The Labute approximate surface area is 97.4 Å². The quantitative estimate of drug-likeness (QED) is 0.658. The second kappa shape index (κ2) is 7.70. The van der Waals surface area contributed by atoms with Crippen molar-refractivity contribution >= 4 is 15.9 Å². The van der Waals surface area contributed by atoms with E-state index in [1.807, 2.05) is 0 Å². The Morgan fingerprint density at radius 2 is 1.86 bits per heavy atom. The summed E-state index contributed by atoms with van der Waals surface area (Å²) in [4.78, 5) is 2.71. The summed E-state index contributed by atoms with van der Waals surface area (Å²) in [6, 6.07) is 0.896. The minimum absolute atomic E-state index is 0.896. The fraction of sp³-hybridized carbons (Fsp3) is 1.00. The number of rotatable bonds is 6. The van der Waals surface area contributed by atoms with Gasteiger partial charge >= 0.3 is 0 Å². The lowest BCUT2D eigenvalue weighted by atomic mass is 9.94. The predicted molar refractivity (Wildman–Crippen MR) is 67.1 cm³/mol. The van der Waals surface area contributed by atoms with Crippen LogP contribution in [-0.2, 0) is 0 Å². The maximum absolute atomic E-state index is 3.57. The number of hydrogen-bond acceptors (Lipinski definition) is 1. The molecule has 0 aromatic carbocycles. The maximum atomic E-state index is 3.57. The summed E-state index contributed by atoms with van der Waals surface area (Å²) >= 11 is 3.57. The first-order chi connectivity index (χ1) is 6.88. The van der Waals surface area contributed by atoms with E-state index >= 15 is 0 Å². The normalized spacial score (nSPS) is 19.1. The third-order valence-electron chi connectivity index (χ3n) is 3.26. The lowest BCUT2D eigenvalue weighted by molar-refractivity contribution is 0.163. The number of alkyl halides is 1. The predicted octanol–water partition coefficient (Wildman–Crippen LogP) is 3.82. The van der Waals surface area contributed by atoms with Crippen LogP contribution in [0.2, 0.25) is 0 Å². The second-order valence-corrected chi connectivity index (χ2v) is 5.16. The Morgan fingerprint density at radius 1 is 1.14 bits per heavy atom. The third-order valence-corrected chi connectivity index (χ3v) is 3.62. The van der Waals surface area contributed by atoms with Crippen molar-refractivity contribution in [3.8, 4) is 0 Å². The standard InChI is InChI=1S/C12H24BrN/c1-2-3-10-14(11-9-13)12-7-5-4-6-8-12/h12H,2-11H2,1H3. The molecule has 0 spiro atoms. The van der Waals surface area contributed by atoms with Gasteiger partial charge in [-0.05, 0) is 25.8 Å². The first-order valence-electron chi connectivity index (χ1n) is 6.18. The Bertz CT molecular complexity index is 132. The van der Waals surface area contributed by atoms with Crippen molar-refractivity contribution < 1.29 is 0 Å². The van der Waals surface area contributed by atoms with E-state index in [4.69, 9.17) is 0 Å². The lowest BCUT2D eigenvalue weighted by Crippen LogP contribution is -2.38. The van der Waals surface area contributed by atoms with Gasteiger partial charge in [-0.3, -0.25) is 4.90 Å². The molecule has 0 aromatic heterocycles. The second-order valence-electron chi connectivity index (χ2n) is 4.37. The monoisotopic (exact) mass is 261 g/mol. The van der Waals surface area contributed by atoms with Gasteiger partial charge in [0.15, 0.2) is 0 Å². The van der Waals surface area contributed by atoms with Gasteiger partial charge in [-0.2, -0.15) is 0 Å². The summed E-state index contributed by atoms with van der Waals surface area (Å²) in [7, 11) is 0. The van der Waals surface area contributed by atoms with Crippen LogP contribution in [0.3, 0.4) is 0 Å². The molecule has 0 aliphatic heterocycles. The van der Waals surface area contributed by atoms with Crippen molar-refractivity contribution in [3.05, 3.63) is 0 Å². The Morgan fingerprint density at radius 3 is 2.43 bits per heavy atom. The summed E-state index contributed by atoms with van der Waals surface area (Å²) in [5.74, 6) is 0. The number of halogens is 1. The molecule has 0 bridgehead atoms. The average molecular weight is 262 g/mol. The van der Waals surface area contributed by atoms with Gasteiger partial charge in [0.1, 0.15) is 0 Å². The summed E-state index contributed by atoms with van der Waals surface area (Å²) in [5, 5.41) is 1.13. The highest BCUT2D eigenvalue weighted by Gasteiger charge is 2.19. The summed E-state index contributed by atoms with van der Waals surface area (Å²) < 4.78 is 0. The van der Waals surface area contributed by atoms with Crippen LogP contribution in [0.1, 0.15) is 51.9 Å². The summed E-state index contributed by atoms with van der Waals surface area (Å²) in [5.41, 5.74) is 0. The molecule has 1 nitrogen and oxygen atoms in total. The summed E-state index contributed by atoms with van der Waals surface area (Å²) in [6.07, 6.45) is 9.94. The molecule has 1 fully saturated rings. The lowest BCUT2D eigenvalue weighted by Gasteiger charge is -2.33. The number of nitrogens with zero attached hydrogens (tertiary/aromatic N) is 1. The molecule has 0 unspecified atom stereocenters. The SMILES string of the molecule is CCCCN(CCBr)C1CCCCC1. The molecule has 1 saturated carbocycles. The van der Waals surface area contributed by atoms with E-state index in [2.05, 4.69) is 27.8 Å². The van der Waals surface area contributed by atoms with E-state index < -0.39 is 0 Å².